The molecule has 0 aliphatic heterocycles. The molecule has 8 aromatic carbocycles. The molecule has 3 aliphatic rings. The number of hydrogen-bond acceptors (Lipinski definition) is 0. The Morgan fingerprint density at radius 3 is 1.57 bits per heavy atom. The van der Waals surface area contributed by atoms with E-state index >= 15 is 0 Å². The maximum Gasteiger partial charge on any atom is 0.115 e. The van der Waals surface area contributed by atoms with Gasteiger partial charge in [-0.05, 0) is 189 Å². The van der Waals surface area contributed by atoms with Crippen molar-refractivity contribution in [3.63, 3.8) is 0 Å². The smallest absolute Gasteiger partial charge is 0.115 e. The lowest BCUT2D eigenvalue weighted by Crippen LogP contribution is -2.44. The highest BCUT2D eigenvalue weighted by molar-refractivity contribution is 6.72. The van der Waals surface area contributed by atoms with Gasteiger partial charge >= 0.3 is 0 Å². The highest BCUT2D eigenvalue weighted by atomic mass is 14.6. The maximum atomic E-state index is 7.79. The van der Waals surface area contributed by atoms with Gasteiger partial charge in [0.25, 0.3) is 0 Å². The fraction of sp³-hybridized carbons (Fsp3) is 0.188. The fourth-order valence-corrected chi connectivity index (χ4v) is 15.6. The number of allylic oxidation sites excluding steroid dienone is 11. The molecule has 0 saturated heterocycles. The molecule has 11 rings (SSSR count). The SMILES string of the molecule is [B]Cc1c([B])c([B])c(CCCC)c2c([B])c([B])c3c(c12)C(C)=C(c1c([B])c([B])c([B])c(/C([B])=C2\CC4(C(=C)/C(=C(/[B])C([B])=C([B])[B])c5c4cc([B])c([B])c5[B])/C(=C/C(=C)c4c([B])c([B])c5c([B])c([B])c6c(CCCC)c([B])c([B])c7c([B])c([B])c4c5c76)C2=C([B])[B])c1C#C)C3[B]. The molecule has 2 unspecified atom stereocenters. The summed E-state index contributed by atoms with van der Waals surface area (Å²) in [5, 5.41) is 2.91. The van der Waals surface area contributed by atoms with Crippen LogP contribution in [-0.4, -0.2) is 212 Å². The predicted octanol–water partition coefficient (Wildman–Crippen LogP) is -7.95. The molecule has 0 bridgehead atoms. The van der Waals surface area contributed by atoms with Crippen molar-refractivity contribution >= 4 is 381 Å². The minimum atomic E-state index is -1.69. The normalized spacial score (nSPS) is 17.4. The van der Waals surface area contributed by atoms with E-state index in [0.717, 1.165) is 31.2 Å². The van der Waals surface area contributed by atoms with E-state index in [1.807, 2.05) is 13.8 Å². The van der Waals surface area contributed by atoms with Crippen molar-refractivity contribution < 1.29 is 0 Å². The summed E-state index contributed by atoms with van der Waals surface area (Å²) in [5.74, 6) is 1.78. The third kappa shape index (κ3) is 9.85. The van der Waals surface area contributed by atoms with E-state index in [2.05, 4.69) is 12.8 Å². The topological polar surface area (TPSA) is 0 Å². The van der Waals surface area contributed by atoms with Crippen LogP contribution in [0.15, 0.2) is 69.3 Å². The molecule has 1 saturated carbocycles. The number of terminal acetylenes is 1. The zero-order valence-electron chi connectivity index (χ0n) is 54.0. The van der Waals surface area contributed by atoms with Gasteiger partial charge in [-0.2, -0.15) is 10.7 Å². The van der Waals surface area contributed by atoms with Crippen LogP contribution >= 0.6 is 0 Å². The van der Waals surface area contributed by atoms with Gasteiger partial charge < -0.3 is 0 Å². The molecule has 1 fully saturated rings. The van der Waals surface area contributed by atoms with E-state index in [9.17, 15) is 0 Å². The van der Waals surface area contributed by atoms with E-state index in [1.54, 1.807) is 12.1 Å². The Morgan fingerprint density at radius 2 is 1.03 bits per heavy atom. The lowest BCUT2D eigenvalue weighted by molar-refractivity contribution is 0.673. The van der Waals surface area contributed by atoms with Gasteiger partial charge in [0.05, 0.1) is 52.5 Å². The van der Waals surface area contributed by atoms with E-state index in [4.69, 9.17) is 231 Å². The zero-order chi connectivity index (χ0) is 70.7. The molecule has 2 atom stereocenters. The van der Waals surface area contributed by atoms with Crippen LogP contribution in [0.1, 0.15) is 120 Å². The molecule has 3 aliphatic carbocycles. The summed E-state index contributed by atoms with van der Waals surface area (Å²) in [6.07, 6.45) is 12.3. The number of fused-ring (bicyclic) bond motifs is 5. The Morgan fingerprint density at radius 1 is 0.552 bits per heavy atom. The number of unbranched alkanes of at least 4 members (excludes halogenated alkanes) is 2. The van der Waals surface area contributed by atoms with Crippen molar-refractivity contribution in [1.29, 1.82) is 0 Å². The van der Waals surface area contributed by atoms with Gasteiger partial charge in [-0.15, -0.1) is 33.7 Å². The van der Waals surface area contributed by atoms with Gasteiger partial charge in [0, 0.05) is 5.56 Å². The first kappa shape index (κ1) is 71.6. The molecule has 0 heterocycles. The van der Waals surface area contributed by atoms with Crippen molar-refractivity contribution in [2.45, 2.75) is 83.3 Å². The lowest BCUT2D eigenvalue weighted by atomic mass is 9.59. The summed E-state index contributed by atoms with van der Waals surface area (Å²) in [6.45, 7) is 15.4. The third-order valence-electron chi connectivity index (χ3n) is 20.4. The minimum absolute atomic E-state index is 0.0102. The molecule has 54 radical (unpaired) electrons. The Bertz CT molecular complexity index is 5210. The molecule has 0 aromatic heterocycles. The Balaban J connectivity index is 1.27. The van der Waals surface area contributed by atoms with Crippen molar-refractivity contribution in [3.8, 4) is 12.3 Å². The Kier molecular flexibility index (Phi) is 19.2. The van der Waals surface area contributed by atoms with Gasteiger partial charge in [-0.25, -0.2) is 0 Å². The average Bonchev–Trinajstić information content (AvgIpc) is 0.970. The first-order valence-corrected chi connectivity index (χ1v) is 30.9. The second-order valence-corrected chi connectivity index (χ2v) is 25.2. The predicted molar refractivity (Wildman–Crippen MR) is 440 cm³/mol. The minimum Gasteiger partial charge on any atom is -0.168 e. The van der Waals surface area contributed by atoms with Crippen LogP contribution in [0.4, 0.5) is 0 Å². The van der Waals surface area contributed by atoms with Crippen molar-refractivity contribution in [2.75, 3.05) is 0 Å². The summed E-state index contributed by atoms with van der Waals surface area (Å²) in [7, 11) is 189. The maximum absolute atomic E-state index is 7.79. The Labute approximate surface area is 602 Å². The van der Waals surface area contributed by atoms with Gasteiger partial charge in [0.2, 0.25) is 0 Å². The molecule has 96 heavy (non-hydrogen) atoms. The largest absolute Gasteiger partial charge is 0.168 e. The van der Waals surface area contributed by atoms with Crippen molar-refractivity contribution in [2.24, 2.45) is 0 Å². The summed E-state index contributed by atoms with van der Waals surface area (Å²) < 4.78 is 0. The molecule has 0 amide bonds. The zero-order valence-corrected chi connectivity index (χ0v) is 54.0. The van der Waals surface area contributed by atoms with Gasteiger partial charge in [-0.1, -0.05) is 151 Å². The van der Waals surface area contributed by atoms with Crippen LogP contribution < -0.4 is 98.3 Å². The second kappa shape index (κ2) is 25.8. The van der Waals surface area contributed by atoms with Crippen LogP contribution in [-0.2, 0) is 24.6 Å². The van der Waals surface area contributed by atoms with E-state index in [1.165, 1.54) is 0 Å². The van der Waals surface area contributed by atoms with Crippen LogP contribution in [0.3, 0.4) is 0 Å². The summed E-state index contributed by atoms with van der Waals surface area (Å²) in [6, 6.07) is 1.61. The van der Waals surface area contributed by atoms with Crippen LogP contribution in [0.5, 0.6) is 0 Å². The fourth-order valence-electron chi connectivity index (χ4n) is 15.6. The number of aryl methyl sites for hydroxylation is 2. The summed E-state index contributed by atoms with van der Waals surface area (Å²) in [4.78, 5) is 0. The van der Waals surface area contributed by atoms with Gasteiger partial charge in [-0.3, -0.25) is 0 Å². The van der Waals surface area contributed by atoms with Gasteiger partial charge in [0.1, 0.15) is 165 Å². The molecule has 0 nitrogen and oxygen atoms in total. The average molecular weight is 1150 g/mol. The van der Waals surface area contributed by atoms with Crippen LogP contribution in [0, 0.1) is 12.3 Å². The quantitative estimate of drug-likeness (QED) is 0.0650. The Hall–Kier alpha value is -5.71. The van der Waals surface area contributed by atoms with Gasteiger partial charge in [0.15, 0.2) is 0 Å². The summed E-state index contributed by atoms with van der Waals surface area (Å²) in [5.41, 5.74) is 5.43. The lowest BCUT2D eigenvalue weighted by Gasteiger charge is -2.32. The monoisotopic (exact) mass is 1160 g/mol. The molecule has 1 spiro atoms. The standard InChI is InChI=1S/C69H33B27/c1-7-10-12-22-36-34(25(17-70)49(75)47(22)73)30-19(5)31(51(77)43(30)61(87)54(36)80)35-21(9-3)38(57(83)65(91)56(35)82)46(72)24-16-69(20(6)32(53(79)66(92)68(95)96)39-27(69)15-28(71)50(76)58(39)84)26(33(24)67(93)94)14-18(4)29-42-41-40-37(55(81)63(89)45(41)62(88)52(29)78)23(13-11-8-2)48(74)60(86)44(40)64(90)59(42)85/h3,14-15,51H,4,6-8,10-13,16-17H2,1-2,5H3/b26-14+,46-24-,53-32-. The number of benzene rings is 8. The van der Waals surface area contributed by atoms with Crippen LogP contribution in [0.25, 0.3) is 70.9 Å². The first-order chi connectivity index (χ1) is 45.1. The third-order valence-corrected chi connectivity index (χ3v) is 20.4. The van der Waals surface area contributed by atoms with E-state index in [0.29, 0.717) is 95.0 Å². The van der Waals surface area contributed by atoms with E-state index < -0.39 is 11.2 Å². The van der Waals surface area contributed by atoms with Crippen molar-refractivity contribution in [1.82, 2.24) is 0 Å². The molecule has 0 N–H and O–H groups in total. The first-order valence-electron chi connectivity index (χ1n) is 30.9. The molecule has 8 aromatic rings. The number of hydrogen-bond donors (Lipinski definition) is 0. The molecular formula is C69H33B27. The molecule has 27 heteroatoms. The second-order valence-electron chi connectivity index (χ2n) is 25.2. The molecule has 390 valence electrons. The van der Waals surface area contributed by atoms with Crippen LogP contribution in [0.2, 0.25) is 0 Å². The highest BCUT2D eigenvalue weighted by Crippen LogP contribution is 2.64. The van der Waals surface area contributed by atoms with Crippen molar-refractivity contribution in [3.05, 3.63) is 130 Å². The highest BCUT2D eigenvalue weighted by Gasteiger charge is 2.54. The summed E-state index contributed by atoms with van der Waals surface area (Å²) >= 11 is 0. The van der Waals surface area contributed by atoms with E-state index in [-0.39, 0.29) is 199 Å². The number of rotatable bonds is 12. The molecular weight excluding hydrogens is 1120 g/mol.